The van der Waals surface area contributed by atoms with Crippen molar-refractivity contribution in [3.63, 3.8) is 0 Å². The summed E-state index contributed by atoms with van der Waals surface area (Å²) < 4.78 is 3.39. The van der Waals surface area contributed by atoms with Crippen LogP contribution in [-0.2, 0) is 6.42 Å². The summed E-state index contributed by atoms with van der Waals surface area (Å²) in [5.74, 6) is 0.349. The number of hydrogen-bond donors (Lipinski definition) is 4. The lowest BCUT2D eigenvalue weighted by Crippen LogP contribution is -1.90. The highest BCUT2D eigenvalue weighted by molar-refractivity contribution is 14.1. The number of hydrogen-bond acceptors (Lipinski definition) is 6. The summed E-state index contributed by atoms with van der Waals surface area (Å²) >= 11 is 8.49. The van der Waals surface area contributed by atoms with Gasteiger partial charge in [-0.25, -0.2) is 0 Å². The molecular formula is C27H18I4N2O4. The fraction of sp³-hybridized carbons (Fsp3) is 0.0370. The highest BCUT2D eigenvalue weighted by atomic mass is 127. The molecule has 6 nitrogen and oxygen atoms in total. The molecular weight excluding hydrogens is 924 g/mol. The summed E-state index contributed by atoms with van der Waals surface area (Å²) in [4.78, 5) is 8.82. The molecule has 0 aromatic heterocycles. The molecule has 0 saturated heterocycles. The zero-order valence-corrected chi connectivity index (χ0v) is 27.5. The number of aliphatic imine (C=N–C) groups is 2. The summed E-state index contributed by atoms with van der Waals surface area (Å²) in [6.45, 7) is 0. The van der Waals surface area contributed by atoms with Crippen molar-refractivity contribution in [3.05, 3.63) is 97.2 Å². The van der Waals surface area contributed by atoms with E-state index in [4.69, 9.17) is 0 Å². The molecule has 4 N–H and O–H groups in total. The van der Waals surface area contributed by atoms with E-state index in [9.17, 15) is 20.4 Å². The average Bonchev–Trinajstić information content (AvgIpc) is 2.85. The second-order valence-electron chi connectivity index (χ2n) is 7.99. The topological polar surface area (TPSA) is 106 Å². The predicted octanol–water partition coefficient (Wildman–Crippen LogP) is 8.02. The number of aromatic hydroxyl groups is 4. The second-order valence-corrected chi connectivity index (χ2v) is 12.8. The Morgan fingerprint density at radius 1 is 0.568 bits per heavy atom. The second kappa shape index (κ2) is 12.5. The fourth-order valence-electron chi connectivity index (χ4n) is 3.45. The lowest BCUT2D eigenvalue weighted by molar-refractivity contribution is 0.470. The third kappa shape index (κ3) is 7.26. The monoisotopic (exact) mass is 942 g/mol. The van der Waals surface area contributed by atoms with Crippen LogP contribution in [0.15, 0.2) is 70.6 Å². The van der Waals surface area contributed by atoms with Gasteiger partial charge in [0.05, 0.1) is 7.14 Å². The van der Waals surface area contributed by atoms with E-state index in [0.717, 1.165) is 25.4 Å². The number of phenols is 4. The molecule has 4 aromatic rings. The van der Waals surface area contributed by atoms with Crippen LogP contribution in [0.1, 0.15) is 22.3 Å². The number of benzene rings is 4. The van der Waals surface area contributed by atoms with E-state index < -0.39 is 0 Å². The van der Waals surface area contributed by atoms with Gasteiger partial charge in [0, 0.05) is 30.7 Å². The molecule has 0 aliphatic rings. The molecule has 0 aliphatic carbocycles. The minimum atomic E-state index is 0.0303. The maximum atomic E-state index is 10.3. The highest BCUT2D eigenvalue weighted by Gasteiger charge is 2.09. The molecule has 4 rings (SSSR count). The summed E-state index contributed by atoms with van der Waals surface area (Å²) in [6.07, 6.45) is 3.59. The van der Waals surface area contributed by atoms with Crippen molar-refractivity contribution in [2.45, 2.75) is 6.42 Å². The Hall–Kier alpha value is -1.66. The van der Waals surface area contributed by atoms with Crippen molar-refractivity contribution in [3.8, 4) is 23.0 Å². The first-order chi connectivity index (χ1) is 17.6. The largest absolute Gasteiger partial charge is 0.506 e. The van der Waals surface area contributed by atoms with Gasteiger partial charge in [-0.1, -0.05) is 12.1 Å². The minimum absolute atomic E-state index is 0.0303. The summed E-state index contributed by atoms with van der Waals surface area (Å²) in [5, 5.41) is 41.3. The van der Waals surface area contributed by atoms with Crippen LogP contribution in [0.2, 0.25) is 0 Å². The number of nitrogens with zero attached hydrogens (tertiary/aromatic N) is 2. The number of halogens is 4. The first-order valence-corrected chi connectivity index (χ1v) is 15.0. The van der Waals surface area contributed by atoms with E-state index in [1.165, 1.54) is 12.4 Å². The number of phenolic OH excluding ortho intramolecular Hbond substituents is 4. The van der Waals surface area contributed by atoms with E-state index >= 15 is 0 Å². The third-order valence-electron chi connectivity index (χ3n) is 5.29. The highest BCUT2D eigenvalue weighted by Crippen LogP contribution is 2.33. The number of rotatable bonds is 6. The van der Waals surface area contributed by atoms with E-state index in [-0.39, 0.29) is 23.0 Å². The Morgan fingerprint density at radius 2 is 0.973 bits per heavy atom. The van der Waals surface area contributed by atoms with Crippen LogP contribution in [0.25, 0.3) is 0 Å². The van der Waals surface area contributed by atoms with Crippen LogP contribution in [0, 0.1) is 14.3 Å². The van der Waals surface area contributed by atoms with Crippen molar-refractivity contribution < 1.29 is 20.4 Å². The first-order valence-electron chi connectivity index (χ1n) is 10.7. The van der Waals surface area contributed by atoms with Crippen LogP contribution < -0.4 is 0 Å². The van der Waals surface area contributed by atoms with E-state index in [0.29, 0.717) is 28.9 Å². The Morgan fingerprint density at radius 3 is 1.38 bits per heavy atom. The summed E-state index contributed by atoms with van der Waals surface area (Å²) in [5.41, 5.74) is 3.69. The van der Waals surface area contributed by atoms with Crippen LogP contribution in [0.4, 0.5) is 11.4 Å². The zero-order valence-electron chi connectivity index (χ0n) is 18.8. The lowest BCUT2D eigenvalue weighted by atomic mass is 10.0. The van der Waals surface area contributed by atoms with Crippen molar-refractivity contribution in [2.24, 2.45) is 9.98 Å². The Balaban J connectivity index is 1.58. The van der Waals surface area contributed by atoms with Gasteiger partial charge in [0.25, 0.3) is 0 Å². The quantitative estimate of drug-likeness (QED) is 0.116. The van der Waals surface area contributed by atoms with E-state index in [2.05, 4.69) is 100 Å². The van der Waals surface area contributed by atoms with Crippen molar-refractivity contribution >= 4 is 114 Å². The SMILES string of the molecule is Oc1ccc(Cc2ccc(O)c(N=Cc3cc(I)cc(I)c3O)c2)cc1N=Cc1cc(I)cc(I)c1O. The Bertz CT molecular complexity index is 1440. The van der Waals surface area contributed by atoms with Crippen LogP contribution >= 0.6 is 90.4 Å². The smallest absolute Gasteiger partial charge is 0.141 e. The molecule has 10 heteroatoms. The van der Waals surface area contributed by atoms with Gasteiger partial charge in [-0.2, -0.15) is 0 Å². The molecule has 0 bridgehead atoms. The zero-order chi connectivity index (χ0) is 26.7. The molecule has 0 fully saturated rings. The van der Waals surface area contributed by atoms with Crippen molar-refractivity contribution in [1.29, 1.82) is 0 Å². The molecule has 0 aliphatic heterocycles. The average molecular weight is 942 g/mol. The van der Waals surface area contributed by atoms with E-state index in [1.807, 2.05) is 36.4 Å². The van der Waals surface area contributed by atoms with E-state index in [1.54, 1.807) is 24.3 Å². The summed E-state index contributed by atoms with van der Waals surface area (Å²) in [7, 11) is 0. The Labute approximate surface area is 268 Å². The molecule has 0 saturated carbocycles. The first kappa shape index (κ1) is 28.4. The molecule has 37 heavy (non-hydrogen) atoms. The van der Waals surface area contributed by atoms with Gasteiger partial charge < -0.3 is 20.4 Å². The molecule has 0 unspecified atom stereocenters. The minimum Gasteiger partial charge on any atom is -0.506 e. The predicted molar refractivity (Wildman–Crippen MR) is 181 cm³/mol. The van der Waals surface area contributed by atoms with Gasteiger partial charge in [-0.05, 0) is 156 Å². The molecule has 0 atom stereocenters. The normalized spacial score (nSPS) is 11.6. The molecule has 0 amide bonds. The lowest BCUT2D eigenvalue weighted by Gasteiger charge is -2.08. The maximum absolute atomic E-state index is 10.3. The van der Waals surface area contributed by atoms with Crippen LogP contribution in [0.5, 0.6) is 23.0 Å². The fourth-order valence-corrected chi connectivity index (χ4v) is 7.23. The molecule has 188 valence electrons. The molecule has 4 aromatic carbocycles. The van der Waals surface area contributed by atoms with Gasteiger partial charge in [-0.3, -0.25) is 9.98 Å². The van der Waals surface area contributed by atoms with Gasteiger partial charge in [0.2, 0.25) is 0 Å². The van der Waals surface area contributed by atoms with Gasteiger partial charge >= 0.3 is 0 Å². The molecule has 0 spiro atoms. The van der Waals surface area contributed by atoms with Crippen LogP contribution in [-0.4, -0.2) is 32.9 Å². The molecule has 0 radical (unpaired) electrons. The Kier molecular flexibility index (Phi) is 9.55. The van der Waals surface area contributed by atoms with Gasteiger partial charge in [0.1, 0.15) is 34.4 Å². The van der Waals surface area contributed by atoms with Crippen LogP contribution in [0.3, 0.4) is 0 Å². The molecule has 0 heterocycles. The third-order valence-corrected chi connectivity index (χ3v) is 8.18. The van der Waals surface area contributed by atoms with Gasteiger partial charge in [-0.15, -0.1) is 0 Å². The maximum Gasteiger partial charge on any atom is 0.141 e. The van der Waals surface area contributed by atoms with Crippen molar-refractivity contribution in [2.75, 3.05) is 0 Å². The summed E-state index contributed by atoms with van der Waals surface area (Å²) in [6, 6.07) is 17.7. The standard InChI is InChI=1S/C27H18I4N2O4/c28-18-8-16(26(36)20(30)10-18)12-32-22-6-14(1-3-24(22)34)5-15-2-4-25(35)23(7-15)33-13-17-9-19(29)11-21(31)27(17)37/h1-4,6-13,34-37H,5H2. The van der Waals surface area contributed by atoms with Crippen molar-refractivity contribution in [1.82, 2.24) is 0 Å². The van der Waals surface area contributed by atoms with Gasteiger partial charge in [0.15, 0.2) is 0 Å².